The van der Waals surface area contributed by atoms with Gasteiger partial charge in [0.2, 0.25) is 0 Å². The summed E-state index contributed by atoms with van der Waals surface area (Å²) in [6, 6.07) is 7.54. The fourth-order valence-corrected chi connectivity index (χ4v) is 3.37. The molecular weight excluding hydrogens is 343 g/mol. The third kappa shape index (κ3) is 3.48. The van der Waals surface area contributed by atoms with Gasteiger partial charge in [-0.15, -0.1) is 0 Å². The number of rotatable bonds is 7. The van der Waals surface area contributed by atoms with Gasteiger partial charge in [0, 0.05) is 12.2 Å². The van der Waals surface area contributed by atoms with Crippen molar-refractivity contribution in [2.75, 3.05) is 0 Å². The van der Waals surface area contributed by atoms with Crippen LogP contribution in [0.1, 0.15) is 66.3 Å². The third-order valence-corrected chi connectivity index (χ3v) is 4.83. The number of carbonyl (C=O) groups is 1. The molecule has 1 atom stereocenters. The van der Waals surface area contributed by atoms with Crippen LogP contribution in [-0.2, 0) is 13.2 Å². The second-order valence-corrected chi connectivity index (χ2v) is 6.56. The van der Waals surface area contributed by atoms with Gasteiger partial charge in [-0.1, -0.05) is 31.2 Å². The van der Waals surface area contributed by atoms with Gasteiger partial charge < -0.3 is 4.90 Å². The van der Waals surface area contributed by atoms with Crippen molar-refractivity contribution in [3.8, 4) is 0 Å². The first-order valence-electron chi connectivity index (χ1n) is 8.79. The smallest absolute Gasteiger partial charge is 0.275 e. The van der Waals surface area contributed by atoms with Crippen LogP contribution in [0.25, 0.3) is 0 Å². The van der Waals surface area contributed by atoms with E-state index in [1.54, 1.807) is 4.90 Å². The first-order valence-corrected chi connectivity index (χ1v) is 8.79. The van der Waals surface area contributed by atoms with Gasteiger partial charge in [-0.2, -0.15) is 5.10 Å². The summed E-state index contributed by atoms with van der Waals surface area (Å²) in [7, 11) is 0. The molecule has 0 saturated heterocycles. The van der Waals surface area contributed by atoms with Crippen LogP contribution in [0, 0.1) is 0 Å². The normalized spacial score (nSPS) is 15.3. The Morgan fingerprint density at radius 2 is 2.00 bits per heavy atom. The first kappa shape index (κ1) is 18.5. The molecule has 0 bridgehead atoms. The molecule has 3 rings (SSSR count). The summed E-state index contributed by atoms with van der Waals surface area (Å²) >= 11 is 0. The quantitative estimate of drug-likeness (QED) is 0.715. The number of amides is 1. The molecule has 1 amide bonds. The Morgan fingerprint density at radius 3 is 2.58 bits per heavy atom. The number of carbonyl (C=O) groups excluding carboxylic acids is 1. The highest BCUT2D eigenvalue weighted by molar-refractivity contribution is 5.94. The van der Waals surface area contributed by atoms with E-state index in [9.17, 15) is 18.0 Å². The minimum absolute atomic E-state index is 0.00320. The summed E-state index contributed by atoms with van der Waals surface area (Å²) < 4.78 is 40.2. The molecule has 26 heavy (non-hydrogen) atoms. The molecule has 0 spiro atoms. The summed E-state index contributed by atoms with van der Waals surface area (Å²) in [5.41, 5.74) is 1.24. The number of aryl methyl sites for hydroxylation is 1. The van der Waals surface area contributed by atoms with E-state index >= 15 is 0 Å². The Labute approximate surface area is 150 Å². The van der Waals surface area contributed by atoms with E-state index in [4.69, 9.17) is 0 Å². The number of hydrogen-bond acceptors (Lipinski definition) is 2. The summed E-state index contributed by atoms with van der Waals surface area (Å²) in [4.78, 5) is 14.7. The van der Waals surface area contributed by atoms with Crippen molar-refractivity contribution in [2.45, 2.75) is 58.4 Å². The summed E-state index contributed by atoms with van der Waals surface area (Å²) in [5.74, 6) is -0.562. The first-order chi connectivity index (χ1) is 12.5. The molecule has 7 heteroatoms. The fraction of sp³-hybridized carbons (Fsp3) is 0.474. The Bertz CT molecular complexity index is 786. The van der Waals surface area contributed by atoms with Crippen LogP contribution < -0.4 is 0 Å². The number of hydrogen-bond donors (Lipinski definition) is 0. The maximum atomic E-state index is 13.3. The molecule has 1 aliphatic carbocycles. The van der Waals surface area contributed by atoms with E-state index in [1.807, 2.05) is 38.1 Å². The van der Waals surface area contributed by atoms with Gasteiger partial charge in [-0.05, 0) is 37.3 Å². The van der Waals surface area contributed by atoms with Crippen molar-refractivity contribution in [3.05, 3.63) is 52.8 Å². The van der Waals surface area contributed by atoms with Crippen molar-refractivity contribution in [1.29, 1.82) is 0 Å². The highest BCUT2D eigenvalue weighted by Gasteiger charge is 2.39. The van der Waals surface area contributed by atoms with Gasteiger partial charge in [0.1, 0.15) is 0 Å². The van der Waals surface area contributed by atoms with Crippen molar-refractivity contribution >= 4 is 5.91 Å². The van der Waals surface area contributed by atoms with Crippen LogP contribution in [0.4, 0.5) is 13.2 Å². The van der Waals surface area contributed by atoms with Crippen LogP contribution in [0.2, 0.25) is 0 Å². The number of nitrogens with zero attached hydrogens (tertiary/aromatic N) is 3. The fourth-order valence-electron chi connectivity index (χ4n) is 3.37. The Kier molecular flexibility index (Phi) is 5.34. The van der Waals surface area contributed by atoms with E-state index in [0.29, 0.717) is 0 Å². The highest BCUT2D eigenvalue weighted by Crippen LogP contribution is 2.37. The van der Waals surface area contributed by atoms with Gasteiger partial charge in [-0.25, -0.2) is 17.9 Å². The minimum Gasteiger partial charge on any atom is -0.327 e. The largest absolute Gasteiger partial charge is 0.327 e. The maximum Gasteiger partial charge on any atom is 0.275 e. The molecule has 0 radical (unpaired) electrons. The van der Waals surface area contributed by atoms with Gasteiger partial charge >= 0.3 is 0 Å². The van der Waals surface area contributed by atoms with Crippen LogP contribution in [0.15, 0.2) is 30.5 Å². The lowest BCUT2D eigenvalue weighted by molar-refractivity contribution is 0.0655. The van der Waals surface area contributed by atoms with E-state index in [2.05, 4.69) is 5.10 Å². The standard InChI is InChI=1S/C19H22F3N3O/c1-3-13-6-4-5-7-15(13)12(2)25(14-8-9-14)19(26)17-16(18(21)22)10-24(11-20)23-17/h4-7,10,12,14,18H,3,8-9,11H2,1-2H3. The predicted molar refractivity (Wildman–Crippen MR) is 91.7 cm³/mol. The highest BCUT2D eigenvalue weighted by atomic mass is 19.3. The average Bonchev–Trinajstić information content (AvgIpc) is 3.37. The van der Waals surface area contributed by atoms with E-state index in [1.165, 1.54) is 0 Å². The lowest BCUT2D eigenvalue weighted by atomic mass is 9.98. The molecule has 1 heterocycles. The molecule has 1 fully saturated rings. The molecule has 1 unspecified atom stereocenters. The molecule has 1 aromatic heterocycles. The maximum absolute atomic E-state index is 13.3. The second-order valence-electron chi connectivity index (χ2n) is 6.56. The van der Waals surface area contributed by atoms with Gasteiger partial charge in [-0.3, -0.25) is 4.79 Å². The van der Waals surface area contributed by atoms with E-state index < -0.39 is 24.7 Å². The van der Waals surface area contributed by atoms with Crippen LogP contribution in [0.5, 0.6) is 0 Å². The molecule has 1 saturated carbocycles. The van der Waals surface area contributed by atoms with Crippen molar-refractivity contribution in [2.24, 2.45) is 0 Å². The van der Waals surface area contributed by atoms with Gasteiger partial charge in [0.15, 0.2) is 12.5 Å². The monoisotopic (exact) mass is 365 g/mol. The molecule has 2 aromatic rings. The number of alkyl halides is 3. The number of halogens is 3. The van der Waals surface area contributed by atoms with Crippen LogP contribution in [0.3, 0.4) is 0 Å². The summed E-state index contributed by atoms with van der Waals surface area (Å²) in [6.07, 6.45) is 0.504. The number of aromatic nitrogens is 2. The molecule has 1 aromatic carbocycles. The van der Waals surface area contributed by atoms with Crippen molar-refractivity contribution in [3.63, 3.8) is 0 Å². The average molecular weight is 365 g/mol. The molecular formula is C19H22F3N3O. The minimum atomic E-state index is -2.88. The predicted octanol–water partition coefficient (Wildman–Crippen LogP) is 4.68. The van der Waals surface area contributed by atoms with Crippen LogP contribution >= 0.6 is 0 Å². The SMILES string of the molecule is CCc1ccccc1C(C)N(C(=O)c1nn(CF)cc1C(F)F)C1CC1. The topological polar surface area (TPSA) is 38.1 Å². The molecule has 0 N–H and O–H groups in total. The Morgan fingerprint density at radius 1 is 1.31 bits per heavy atom. The molecule has 4 nitrogen and oxygen atoms in total. The lowest BCUT2D eigenvalue weighted by Gasteiger charge is -2.30. The number of benzene rings is 1. The summed E-state index contributed by atoms with van der Waals surface area (Å²) in [5, 5.41) is 3.77. The Balaban J connectivity index is 1.98. The van der Waals surface area contributed by atoms with E-state index in [0.717, 1.165) is 41.3 Å². The van der Waals surface area contributed by atoms with Crippen molar-refractivity contribution < 1.29 is 18.0 Å². The zero-order chi connectivity index (χ0) is 18.8. The van der Waals surface area contributed by atoms with Gasteiger partial charge in [0.25, 0.3) is 12.3 Å². The third-order valence-electron chi connectivity index (χ3n) is 4.83. The van der Waals surface area contributed by atoms with E-state index in [-0.39, 0.29) is 17.8 Å². The zero-order valence-electron chi connectivity index (χ0n) is 14.8. The van der Waals surface area contributed by atoms with Gasteiger partial charge in [0.05, 0.1) is 11.6 Å². The van der Waals surface area contributed by atoms with Crippen LogP contribution in [-0.4, -0.2) is 26.6 Å². The molecule has 0 aliphatic heterocycles. The lowest BCUT2D eigenvalue weighted by Crippen LogP contribution is -2.36. The molecule has 140 valence electrons. The molecule has 1 aliphatic rings. The second kappa shape index (κ2) is 7.51. The zero-order valence-corrected chi connectivity index (χ0v) is 14.8. The Hall–Kier alpha value is -2.31. The van der Waals surface area contributed by atoms with Crippen molar-refractivity contribution in [1.82, 2.24) is 14.7 Å². The summed E-state index contributed by atoms with van der Waals surface area (Å²) in [6.45, 7) is 2.89.